The highest BCUT2D eigenvalue weighted by Crippen LogP contribution is 2.35. The van der Waals surface area contributed by atoms with Gasteiger partial charge in [0.2, 0.25) is 11.6 Å². The van der Waals surface area contributed by atoms with Crippen LogP contribution >= 0.6 is 0 Å². The van der Waals surface area contributed by atoms with E-state index in [0.29, 0.717) is 28.2 Å². The Kier molecular flexibility index (Phi) is 3.13. The first-order valence-corrected chi connectivity index (χ1v) is 7.56. The third kappa shape index (κ3) is 1.88. The summed E-state index contributed by atoms with van der Waals surface area (Å²) in [5.74, 6) is -0.707. The highest BCUT2D eigenvalue weighted by Gasteiger charge is 2.42. The number of fused-ring (bicyclic) bond motifs is 1. The lowest BCUT2D eigenvalue weighted by Crippen LogP contribution is -2.24. The van der Waals surface area contributed by atoms with Crippen LogP contribution in [0.4, 0.5) is 0 Å². The normalized spacial score (nSPS) is 20.4. The summed E-state index contributed by atoms with van der Waals surface area (Å²) in [5.41, 5.74) is 2.14. The fourth-order valence-corrected chi connectivity index (χ4v) is 3.07. The molecule has 2 aliphatic rings. The maximum absolute atomic E-state index is 12.9. The van der Waals surface area contributed by atoms with E-state index >= 15 is 0 Å². The van der Waals surface area contributed by atoms with Crippen LogP contribution in [-0.4, -0.2) is 39.4 Å². The van der Waals surface area contributed by atoms with Crippen molar-refractivity contribution < 1.29 is 14.4 Å². The van der Waals surface area contributed by atoms with Crippen molar-refractivity contribution in [1.29, 1.82) is 0 Å². The summed E-state index contributed by atoms with van der Waals surface area (Å²) in [6, 6.07) is 0.276. The van der Waals surface area contributed by atoms with E-state index in [9.17, 15) is 14.4 Å². The van der Waals surface area contributed by atoms with E-state index < -0.39 is 0 Å². The van der Waals surface area contributed by atoms with Crippen LogP contribution in [0.1, 0.15) is 57.7 Å². The van der Waals surface area contributed by atoms with E-state index in [4.69, 9.17) is 0 Å². The number of Topliss-reactive ketones (excluding diaryl/α,β-unsaturated/α-hetero) is 2. The first-order valence-electron chi connectivity index (χ1n) is 7.56. The van der Waals surface area contributed by atoms with Crippen molar-refractivity contribution in [3.63, 3.8) is 0 Å². The number of allylic oxidation sites excluding steroid dienone is 2. The molecule has 0 aromatic carbocycles. The smallest absolute Gasteiger partial charge is 0.212 e. The third-order valence-electron chi connectivity index (χ3n) is 4.59. The molecular weight excluding hydrogens is 280 g/mol. The summed E-state index contributed by atoms with van der Waals surface area (Å²) in [6.07, 6.45) is 1.41. The minimum atomic E-state index is -0.220. The molecule has 5 nitrogen and oxygen atoms in total. The molecule has 1 atom stereocenters. The number of carbonyl (C=O) groups excluding carboxylic acids is 3. The lowest BCUT2D eigenvalue weighted by atomic mass is 9.90. The van der Waals surface area contributed by atoms with Gasteiger partial charge in [0.15, 0.2) is 5.78 Å². The molecule has 1 aromatic rings. The largest absolute Gasteiger partial charge is 0.362 e. The summed E-state index contributed by atoms with van der Waals surface area (Å²) >= 11 is 0. The number of nitrogens with zero attached hydrogens (tertiary/aromatic N) is 2. The van der Waals surface area contributed by atoms with Gasteiger partial charge in [-0.25, -0.2) is 0 Å². The van der Waals surface area contributed by atoms with Crippen LogP contribution in [0.15, 0.2) is 11.8 Å². The zero-order valence-electron chi connectivity index (χ0n) is 13.6. The van der Waals surface area contributed by atoms with E-state index in [1.807, 2.05) is 11.8 Å². The van der Waals surface area contributed by atoms with Crippen LogP contribution in [-0.2, 0) is 7.05 Å². The van der Waals surface area contributed by atoms with Gasteiger partial charge in [-0.3, -0.25) is 14.4 Å². The quantitative estimate of drug-likeness (QED) is 0.634. The predicted octanol–water partition coefficient (Wildman–Crippen LogP) is 2.14. The second-order valence-corrected chi connectivity index (χ2v) is 6.49. The maximum atomic E-state index is 12.9. The Bertz CT molecular complexity index is 752. The van der Waals surface area contributed by atoms with Gasteiger partial charge >= 0.3 is 0 Å². The van der Waals surface area contributed by atoms with Gasteiger partial charge in [-0.1, -0.05) is 13.8 Å². The van der Waals surface area contributed by atoms with Gasteiger partial charge in [-0.15, -0.1) is 0 Å². The minimum absolute atomic E-state index is 0.0874. The first-order chi connectivity index (χ1) is 10.3. The Labute approximate surface area is 129 Å². The molecule has 116 valence electrons. The fourth-order valence-electron chi connectivity index (χ4n) is 3.07. The zero-order chi connectivity index (χ0) is 16.3. The van der Waals surface area contributed by atoms with Gasteiger partial charge in [0.1, 0.15) is 5.69 Å². The molecule has 0 bridgehead atoms. The Morgan fingerprint density at radius 2 is 1.91 bits per heavy atom. The lowest BCUT2D eigenvalue weighted by molar-refractivity contribution is 0.0923. The predicted molar refractivity (Wildman–Crippen MR) is 82.2 cm³/mol. The summed E-state index contributed by atoms with van der Waals surface area (Å²) in [5, 5.41) is 0. The second kappa shape index (κ2) is 4.66. The van der Waals surface area contributed by atoms with E-state index in [0.717, 1.165) is 6.54 Å². The average molecular weight is 300 g/mol. The molecule has 0 radical (unpaired) electrons. The van der Waals surface area contributed by atoms with Crippen LogP contribution < -0.4 is 0 Å². The van der Waals surface area contributed by atoms with Crippen molar-refractivity contribution in [3.05, 3.63) is 34.3 Å². The van der Waals surface area contributed by atoms with Gasteiger partial charge in [0.25, 0.3) is 0 Å². The van der Waals surface area contributed by atoms with E-state index in [1.165, 1.54) is 6.08 Å². The summed E-state index contributed by atoms with van der Waals surface area (Å²) in [6.45, 7) is 8.18. The average Bonchev–Trinajstić information content (AvgIpc) is 3.11. The summed E-state index contributed by atoms with van der Waals surface area (Å²) < 4.78 is 1.67. The minimum Gasteiger partial charge on any atom is -0.362 e. The number of aromatic nitrogens is 1. The topological polar surface area (TPSA) is 59.1 Å². The first kappa shape index (κ1) is 14.8. The van der Waals surface area contributed by atoms with E-state index in [-0.39, 0.29) is 29.3 Å². The molecule has 22 heavy (non-hydrogen) atoms. The molecule has 5 heteroatoms. The molecule has 1 aromatic heterocycles. The molecule has 1 aliphatic heterocycles. The monoisotopic (exact) mass is 300 g/mol. The van der Waals surface area contributed by atoms with Gasteiger partial charge in [-0.2, -0.15) is 0 Å². The molecule has 1 fully saturated rings. The molecule has 1 unspecified atom stereocenters. The Hall–Kier alpha value is -2.17. The number of hydrogen-bond donors (Lipinski definition) is 0. The fraction of sp³-hybridized carbons (Fsp3) is 0.471. The van der Waals surface area contributed by atoms with Crippen molar-refractivity contribution in [2.75, 3.05) is 6.54 Å². The molecule has 0 saturated carbocycles. The van der Waals surface area contributed by atoms with E-state index in [2.05, 4.69) is 0 Å². The van der Waals surface area contributed by atoms with E-state index in [1.54, 1.807) is 32.4 Å². The number of carbonyl (C=O) groups is 3. The molecule has 3 rings (SSSR count). The molecule has 1 aliphatic carbocycles. The molecule has 0 amide bonds. The third-order valence-corrected chi connectivity index (χ3v) is 4.59. The van der Waals surface area contributed by atoms with Gasteiger partial charge in [-0.05, 0) is 13.8 Å². The summed E-state index contributed by atoms with van der Waals surface area (Å²) in [4.78, 5) is 39.8. The van der Waals surface area contributed by atoms with Gasteiger partial charge in [0, 0.05) is 37.3 Å². The van der Waals surface area contributed by atoms with Crippen molar-refractivity contribution >= 4 is 17.3 Å². The Balaban J connectivity index is 2.21. The number of rotatable bonds is 3. The summed E-state index contributed by atoms with van der Waals surface area (Å²) in [7, 11) is 1.73. The molecular formula is C17H20N2O3. The van der Waals surface area contributed by atoms with Gasteiger partial charge < -0.3 is 9.47 Å². The number of hydrogen-bond acceptors (Lipinski definition) is 4. The SMILES string of the molecule is Cc1c(C(=O)C(C)C)c2c(n1C)C(=O)C=C(N1CC1C)C2=O. The van der Waals surface area contributed by atoms with Crippen molar-refractivity contribution in [1.82, 2.24) is 9.47 Å². The van der Waals surface area contributed by atoms with Crippen LogP contribution in [0.2, 0.25) is 0 Å². The van der Waals surface area contributed by atoms with Crippen molar-refractivity contribution in [2.45, 2.75) is 33.7 Å². The zero-order valence-corrected chi connectivity index (χ0v) is 13.6. The highest BCUT2D eigenvalue weighted by molar-refractivity contribution is 6.27. The van der Waals surface area contributed by atoms with Gasteiger partial charge in [0.05, 0.1) is 16.8 Å². The van der Waals surface area contributed by atoms with Crippen LogP contribution in [0, 0.1) is 12.8 Å². The standard InChI is InChI=1S/C17H20N2O3/c1-8(2)16(21)13-10(4)18(5)15-12(20)6-11(17(22)14(13)15)19-7-9(19)3/h6,8-9H,7H2,1-5H3. The molecule has 1 saturated heterocycles. The number of ketones is 3. The Morgan fingerprint density at radius 3 is 2.41 bits per heavy atom. The molecule has 0 spiro atoms. The highest BCUT2D eigenvalue weighted by atomic mass is 16.1. The Morgan fingerprint density at radius 1 is 1.32 bits per heavy atom. The van der Waals surface area contributed by atoms with Crippen molar-refractivity contribution in [3.8, 4) is 0 Å². The molecule has 0 N–H and O–H groups in total. The van der Waals surface area contributed by atoms with Crippen molar-refractivity contribution in [2.24, 2.45) is 13.0 Å². The lowest BCUT2D eigenvalue weighted by Gasteiger charge is -2.16. The molecule has 2 heterocycles. The second-order valence-electron chi connectivity index (χ2n) is 6.49. The van der Waals surface area contributed by atoms with Crippen LogP contribution in [0.3, 0.4) is 0 Å². The van der Waals surface area contributed by atoms with Crippen LogP contribution in [0.25, 0.3) is 0 Å². The van der Waals surface area contributed by atoms with Crippen LogP contribution in [0.5, 0.6) is 0 Å². The maximum Gasteiger partial charge on any atom is 0.212 e.